The molecule has 0 bridgehead atoms. The Labute approximate surface area is 55.8 Å². The molecule has 1 aliphatic rings. The van der Waals surface area contributed by atoms with Crippen molar-refractivity contribution in [3.05, 3.63) is 0 Å². The van der Waals surface area contributed by atoms with E-state index in [2.05, 4.69) is 13.8 Å². The lowest BCUT2D eigenvalue weighted by atomic mass is 9.97. The van der Waals surface area contributed by atoms with Crippen LogP contribution in [0.15, 0.2) is 0 Å². The molecule has 0 aromatic heterocycles. The van der Waals surface area contributed by atoms with Crippen LogP contribution in [0.4, 0.5) is 0 Å². The van der Waals surface area contributed by atoms with Gasteiger partial charge in [-0.15, -0.1) is 0 Å². The summed E-state index contributed by atoms with van der Waals surface area (Å²) < 4.78 is 1.35. The fourth-order valence-corrected chi connectivity index (χ4v) is 1.17. The Bertz CT molecular complexity index is 142. The van der Waals surface area contributed by atoms with Crippen molar-refractivity contribution in [2.45, 2.75) is 38.6 Å². The lowest BCUT2D eigenvalue weighted by Crippen LogP contribution is -2.32. The van der Waals surface area contributed by atoms with Gasteiger partial charge in [0, 0.05) is 26.2 Å². The molecule has 1 rings (SSSR count). The van der Waals surface area contributed by atoms with Crippen LogP contribution < -0.4 is 0 Å². The van der Waals surface area contributed by atoms with Gasteiger partial charge in [-0.1, -0.05) is 6.92 Å². The van der Waals surface area contributed by atoms with E-state index >= 15 is 0 Å². The molecule has 1 aliphatic heterocycles. The zero-order valence-electron chi connectivity index (χ0n) is 6.09. The molecular formula is C7H14NO+. The first-order valence-corrected chi connectivity index (χ1v) is 3.50. The van der Waals surface area contributed by atoms with Crippen LogP contribution in [0.5, 0.6) is 0 Å². The van der Waals surface area contributed by atoms with Crippen molar-refractivity contribution in [2.24, 2.45) is 0 Å². The molecule has 1 heterocycles. The maximum atomic E-state index is 9.23. The first-order chi connectivity index (χ1) is 4.19. The van der Waals surface area contributed by atoms with E-state index in [1.165, 1.54) is 4.74 Å². The van der Waals surface area contributed by atoms with E-state index in [9.17, 15) is 5.21 Å². The molecule has 0 spiro atoms. The van der Waals surface area contributed by atoms with Crippen LogP contribution in [0.3, 0.4) is 0 Å². The van der Waals surface area contributed by atoms with Crippen molar-refractivity contribution in [3.63, 3.8) is 0 Å². The fourth-order valence-electron chi connectivity index (χ4n) is 1.17. The van der Waals surface area contributed by atoms with Crippen LogP contribution in [-0.4, -0.2) is 21.7 Å². The van der Waals surface area contributed by atoms with Gasteiger partial charge in [-0.2, -0.15) is 0 Å². The summed E-state index contributed by atoms with van der Waals surface area (Å²) in [6.07, 6.45) is 4.96. The van der Waals surface area contributed by atoms with Crippen molar-refractivity contribution in [3.8, 4) is 0 Å². The monoisotopic (exact) mass is 128 g/mol. The summed E-state index contributed by atoms with van der Waals surface area (Å²) in [6.45, 7) is 4.18. The highest BCUT2D eigenvalue weighted by molar-refractivity contribution is 5.52. The van der Waals surface area contributed by atoms with Crippen molar-refractivity contribution in [1.82, 2.24) is 0 Å². The summed E-state index contributed by atoms with van der Waals surface area (Å²) in [5, 5.41) is 9.23. The molecule has 0 saturated heterocycles. The number of hydrogen-bond acceptors (Lipinski definition) is 1. The van der Waals surface area contributed by atoms with E-state index in [1.54, 1.807) is 0 Å². The number of rotatable bonds is 1. The largest absolute Gasteiger partial charge is 0.291 e. The molecule has 2 heteroatoms. The third kappa shape index (κ3) is 0.934. The molecular weight excluding hydrogens is 114 g/mol. The zero-order chi connectivity index (χ0) is 6.91. The molecule has 0 amide bonds. The summed E-state index contributed by atoms with van der Waals surface area (Å²) in [5.41, 5.74) is 0.0278. The van der Waals surface area contributed by atoms with Gasteiger partial charge >= 0.3 is 0 Å². The molecule has 52 valence electrons. The van der Waals surface area contributed by atoms with Gasteiger partial charge < -0.3 is 0 Å². The molecule has 9 heavy (non-hydrogen) atoms. The minimum atomic E-state index is 0.0278. The number of hydrogen-bond donors (Lipinski definition) is 1. The average molecular weight is 128 g/mol. The SMILES string of the molecule is CCC1(C)CCC=[N+]1O. The number of nitrogens with zero attached hydrogens (tertiary/aromatic N) is 1. The maximum absolute atomic E-state index is 9.23. The van der Waals surface area contributed by atoms with Crippen molar-refractivity contribution in [1.29, 1.82) is 0 Å². The summed E-state index contributed by atoms with van der Waals surface area (Å²) in [5.74, 6) is 0. The van der Waals surface area contributed by atoms with E-state index in [4.69, 9.17) is 0 Å². The predicted molar refractivity (Wildman–Crippen MR) is 36.0 cm³/mol. The van der Waals surface area contributed by atoms with Gasteiger partial charge in [0.2, 0.25) is 5.54 Å². The summed E-state index contributed by atoms with van der Waals surface area (Å²) in [6, 6.07) is 0. The Balaban J connectivity index is 2.70. The Hall–Kier alpha value is -0.530. The fraction of sp³-hybridized carbons (Fsp3) is 0.857. The molecule has 1 N–H and O–H groups in total. The lowest BCUT2D eigenvalue weighted by molar-refractivity contribution is -0.817. The summed E-state index contributed by atoms with van der Waals surface area (Å²) >= 11 is 0. The van der Waals surface area contributed by atoms with E-state index in [1.807, 2.05) is 6.21 Å². The van der Waals surface area contributed by atoms with Crippen LogP contribution in [0.25, 0.3) is 0 Å². The van der Waals surface area contributed by atoms with Crippen molar-refractivity contribution >= 4 is 6.21 Å². The van der Waals surface area contributed by atoms with Crippen LogP contribution in [0.1, 0.15) is 33.1 Å². The quantitative estimate of drug-likeness (QED) is 0.419. The normalized spacial score (nSPS) is 34.7. The molecule has 0 aromatic rings. The zero-order valence-corrected chi connectivity index (χ0v) is 6.09. The van der Waals surface area contributed by atoms with Gasteiger partial charge in [0.1, 0.15) is 0 Å². The van der Waals surface area contributed by atoms with Crippen LogP contribution >= 0.6 is 0 Å². The Kier molecular flexibility index (Phi) is 1.47. The Morgan fingerprint density at radius 1 is 1.78 bits per heavy atom. The molecule has 0 aromatic carbocycles. The van der Waals surface area contributed by atoms with E-state index in [0.29, 0.717) is 0 Å². The molecule has 0 saturated carbocycles. The average Bonchev–Trinajstić information content (AvgIpc) is 2.15. The van der Waals surface area contributed by atoms with Gasteiger partial charge in [-0.05, 0) is 4.74 Å². The van der Waals surface area contributed by atoms with Crippen LogP contribution in [0, 0.1) is 0 Å². The Morgan fingerprint density at radius 2 is 2.44 bits per heavy atom. The predicted octanol–water partition coefficient (Wildman–Crippen LogP) is 1.42. The van der Waals surface area contributed by atoms with Crippen LogP contribution in [0.2, 0.25) is 0 Å². The van der Waals surface area contributed by atoms with Gasteiger partial charge in [0.05, 0.1) is 0 Å². The first kappa shape index (κ1) is 6.59. The Morgan fingerprint density at radius 3 is 2.67 bits per heavy atom. The summed E-state index contributed by atoms with van der Waals surface area (Å²) in [4.78, 5) is 0. The van der Waals surface area contributed by atoms with Crippen molar-refractivity contribution < 1.29 is 9.95 Å². The van der Waals surface area contributed by atoms with Crippen molar-refractivity contribution in [2.75, 3.05) is 0 Å². The lowest BCUT2D eigenvalue weighted by Gasteiger charge is -2.12. The van der Waals surface area contributed by atoms with Gasteiger partial charge in [0.15, 0.2) is 6.21 Å². The molecule has 0 aliphatic carbocycles. The number of hydroxylamine groups is 1. The van der Waals surface area contributed by atoms with Gasteiger partial charge in [-0.3, -0.25) is 5.21 Å². The smallest absolute Gasteiger partial charge is 0.208 e. The summed E-state index contributed by atoms with van der Waals surface area (Å²) in [7, 11) is 0. The topological polar surface area (TPSA) is 23.2 Å². The molecule has 0 fully saturated rings. The highest BCUT2D eigenvalue weighted by atomic mass is 16.5. The third-order valence-electron chi connectivity index (χ3n) is 2.30. The minimum absolute atomic E-state index is 0.0278. The highest BCUT2D eigenvalue weighted by Gasteiger charge is 2.38. The molecule has 1 unspecified atom stereocenters. The van der Waals surface area contributed by atoms with E-state index in [-0.39, 0.29) is 5.54 Å². The highest BCUT2D eigenvalue weighted by Crippen LogP contribution is 2.23. The van der Waals surface area contributed by atoms with E-state index in [0.717, 1.165) is 19.3 Å². The molecule has 2 nitrogen and oxygen atoms in total. The van der Waals surface area contributed by atoms with Gasteiger partial charge in [0.25, 0.3) is 0 Å². The molecule has 1 atom stereocenters. The minimum Gasteiger partial charge on any atom is -0.291 e. The van der Waals surface area contributed by atoms with Crippen LogP contribution in [-0.2, 0) is 0 Å². The van der Waals surface area contributed by atoms with E-state index < -0.39 is 0 Å². The first-order valence-electron chi connectivity index (χ1n) is 3.50. The molecule has 0 radical (unpaired) electrons. The maximum Gasteiger partial charge on any atom is 0.208 e. The second-order valence-corrected chi connectivity index (χ2v) is 2.92. The second kappa shape index (κ2) is 2.01. The standard InChI is InChI=1S/C7H14NO/c1-3-7(2)5-4-6-8(7)9/h6,9H,3-5H2,1-2H3/q+1. The second-order valence-electron chi connectivity index (χ2n) is 2.92. The van der Waals surface area contributed by atoms with Gasteiger partial charge in [-0.25, -0.2) is 0 Å². The third-order valence-corrected chi connectivity index (χ3v) is 2.30.